The SMILES string of the molecule is CC(C)c1cc2ccccc2cc1OCCC1CCOCC1. The summed E-state index contributed by atoms with van der Waals surface area (Å²) in [6.45, 7) is 7.10. The number of hydrogen-bond acceptors (Lipinski definition) is 2. The summed E-state index contributed by atoms with van der Waals surface area (Å²) < 4.78 is 11.6. The van der Waals surface area contributed by atoms with Crippen LogP contribution in [0.2, 0.25) is 0 Å². The molecular formula is C20H26O2. The molecule has 2 nitrogen and oxygen atoms in total. The first-order chi connectivity index (χ1) is 10.7. The molecule has 2 aromatic carbocycles. The first-order valence-corrected chi connectivity index (χ1v) is 8.47. The topological polar surface area (TPSA) is 18.5 Å². The van der Waals surface area contributed by atoms with Gasteiger partial charge in [0.2, 0.25) is 0 Å². The van der Waals surface area contributed by atoms with Crippen molar-refractivity contribution in [3.8, 4) is 5.75 Å². The van der Waals surface area contributed by atoms with E-state index >= 15 is 0 Å². The molecule has 0 amide bonds. The Kier molecular flexibility index (Phi) is 4.99. The van der Waals surface area contributed by atoms with Crippen molar-refractivity contribution in [1.29, 1.82) is 0 Å². The summed E-state index contributed by atoms with van der Waals surface area (Å²) >= 11 is 0. The van der Waals surface area contributed by atoms with E-state index in [9.17, 15) is 0 Å². The van der Waals surface area contributed by atoms with Gasteiger partial charge in [0.1, 0.15) is 5.75 Å². The summed E-state index contributed by atoms with van der Waals surface area (Å²) in [6.07, 6.45) is 3.49. The molecular weight excluding hydrogens is 272 g/mol. The van der Waals surface area contributed by atoms with E-state index in [-0.39, 0.29) is 0 Å². The molecule has 3 rings (SSSR count). The highest BCUT2D eigenvalue weighted by Gasteiger charge is 2.15. The fourth-order valence-electron chi connectivity index (χ4n) is 3.18. The number of rotatable bonds is 5. The monoisotopic (exact) mass is 298 g/mol. The zero-order valence-corrected chi connectivity index (χ0v) is 13.7. The lowest BCUT2D eigenvalue weighted by atomic mass is 9.96. The van der Waals surface area contributed by atoms with Gasteiger partial charge in [-0.1, -0.05) is 38.1 Å². The van der Waals surface area contributed by atoms with Gasteiger partial charge in [0, 0.05) is 13.2 Å². The Morgan fingerprint density at radius 1 is 1.09 bits per heavy atom. The Balaban J connectivity index is 1.72. The maximum absolute atomic E-state index is 6.17. The summed E-state index contributed by atoms with van der Waals surface area (Å²) in [5.41, 5.74) is 1.31. The third kappa shape index (κ3) is 3.61. The smallest absolute Gasteiger partial charge is 0.123 e. The van der Waals surface area contributed by atoms with Crippen LogP contribution in [0.3, 0.4) is 0 Å². The van der Waals surface area contributed by atoms with Gasteiger partial charge < -0.3 is 9.47 Å². The van der Waals surface area contributed by atoms with Crippen LogP contribution in [-0.4, -0.2) is 19.8 Å². The molecule has 1 heterocycles. The quantitative estimate of drug-likeness (QED) is 0.759. The van der Waals surface area contributed by atoms with Crippen LogP contribution >= 0.6 is 0 Å². The zero-order valence-electron chi connectivity index (χ0n) is 13.7. The summed E-state index contributed by atoms with van der Waals surface area (Å²) in [7, 11) is 0. The lowest BCUT2D eigenvalue weighted by Gasteiger charge is -2.22. The van der Waals surface area contributed by atoms with Crippen molar-refractivity contribution < 1.29 is 9.47 Å². The Morgan fingerprint density at radius 2 is 1.77 bits per heavy atom. The minimum Gasteiger partial charge on any atom is -0.493 e. The third-order valence-electron chi connectivity index (χ3n) is 4.62. The molecule has 2 aromatic rings. The Morgan fingerprint density at radius 3 is 2.45 bits per heavy atom. The largest absolute Gasteiger partial charge is 0.493 e. The minimum atomic E-state index is 0.475. The van der Waals surface area contributed by atoms with E-state index in [4.69, 9.17) is 9.47 Å². The molecule has 1 aliphatic heterocycles. The van der Waals surface area contributed by atoms with Crippen molar-refractivity contribution in [1.82, 2.24) is 0 Å². The van der Waals surface area contributed by atoms with Crippen LogP contribution in [-0.2, 0) is 4.74 Å². The van der Waals surface area contributed by atoms with Crippen molar-refractivity contribution in [2.24, 2.45) is 5.92 Å². The van der Waals surface area contributed by atoms with E-state index in [0.29, 0.717) is 5.92 Å². The van der Waals surface area contributed by atoms with Gasteiger partial charge in [-0.2, -0.15) is 0 Å². The van der Waals surface area contributed by atoms with Gasteiger partial charge in [-0.25, -0.2) is 0 Å². The van der Waals surface area contributed by atoms with Crippen LogP contribution in [0, 0.1) is 5.92 Å². The maximum atomic E-state index is 6.17. The number of benzene rings is 2. The van der Waals surface area contributed by atoms with Crippen LogP contribution < -0.4 is 4.74 Å². The molecule has 0 radical (unpaired) electrons. The van der Waals surface area contributed by atoms with Gasteiger partial charge in [0.25, 0.3) is 0 Å². The van der Waals surface area contributed by atoms with E-state index in [1.165, 1.54) is 29.2 Å². The van der Waals surface area contributed by atoms with Crippen LogP contribution in [0.4, 0.5) is 0 Å². The lowest BCUT2D eigenvalue weighted by Crippen LogP contribution is -2.18. The van der Waals surface area contributed by atoms with Gasteiger partial charge in [-0.15, -0.1) is 0 Å². The summed E-state index contributed by atoms with van der Waals surface area (Å²) in [4.78, 5) is 0. The summed E-state index contributed by atoms with van der Waals surface area (Å²) in [5, 5.41) is 2.55. The molecule has 1 fully saturated rings. The van der Waals surface area contributed by atoms with Crippen LogP contribution in [0.15, 0.2) is 36.4 Å². The molecule has 0 bridgehead atoms. The minimum absolute atomic E-state index is 0.475. The number of hydrogen-bond donors (Lipinski definition) is 0. The molecule has 0 aliphatic carbocycles. The fourth-order valence-corrected chi connectivity index (χ4v) is 3.18. The molecule has 0 N–H and O–H groups in total. The highest BCUT2D eigenvalue weighted by atomic mass is 16.5. The van der Waals surface area contributed by atoms with E-state index in [1.807, 2.05) is 0 Å². The van der Waals surface area contributed by atoms with Gasteiger partial charge >= 0.3 is 0 Å². The first kappa shape index (κ1) is 15.4. The molecule has 0 aromatic heterocycles. The number of ether oxygens (including phenoxy) is 2. The lowest BCUT2D eigenvalue weighted by molar-refractivity contribution is 0.0593. The van der Waals surface area contributed by atoms with Crippen molar-refractivity contribution in [2.75, 3.05) is 19.8 Å². The van der Waals surface area contributed by atoms with E-state index in [2.05, 4.69) is 50.2 Å². The molecule has 0 unspecified atom stereocenters. The normalized spacial score (nSPS) is 16.3. The second kappa shape index (κ2) is 7.15. The molecule has 0 spiro atoms. The van der Waals surface area contributed by atoms with Gasteiger partial charge in [-0.3, -0.25) is 0 Å². The second-order valence-corrected chi connectivity index (χ2v) is 6.58. The fraction of sp³-hybridized carbons (Fsp3) is 0.500. The predicted molar refractivity (Wildman–Crippen MR) is 91.7 cm³/mol. The van der Waals surface area contributed by atoms with Crippen LogP contribution in [0.5, 0.6) is 5.75 Å². The predicted octanol–water partition coefficient (Wildman–Crippen LogP) is 5.16. The van der Waals surface area contributed by atoms with Crippen molar-refractivity contribution in [3.05, 3.63) is 42.0 Å². The zero-order chi connectivity index (χ0) is 15.4. The summed E-state index contributed by atoms with van der Waals surface area (Å²) in [5.74, 6) is 2.29. The van der Waals surface area contributed by atoms with E-state index < -0.39 is 0 Å². The van der Waals surface area contributed by atoms with Gasteiger partial charge in [0.05, 0.1) is 6.61 Å². The molecule has 1 aliphatic rings. The highest BCUT2D eigenvalue weighted by molar-refractivity contribution is 5.85. The number of fused-ring (bicyclic) bond motifs is 1. The Hall–Kier alpha value is -1.54. The standard InChI is InChI=1S/C20H26O2/c1-15(2)19-13-17-5-3-4-6-18(17)14-20(19)22-12-9-16-7-10-21-11-8-16/h3-6,13-16H,7-12H2,1-2H3. The van der Waals surface area contributed by atoms with Gasteiger partial charge in [-0.05, 0) is 59.6 Å². The van der Waals surface area contributed by atoms with Crippen LogP contribution in [0.25, 0.3) is 10.8 Å². The van der Waals surface area contributed by atoms with Crippen molar-refractivity contribution in [3.63, 3.8) is 0 Å². The molecule has 118 valence electrons. The molecule has 1 saturated heterocycles. The summed E-state index contributed by atoms with van der Waals surface area (Å²) in [6, 6.07) is 13.0. The van der Waals surface area contributed by atoms with Crippen molar-refractivity contribution in [2.45, 2.75) is 39.0 Å². The average molecular weight is 298 g/mol. The molecule has 22 heavy (non-hydrogen) atoms. The third-order valence-corrected chi connectivity index (χ3v) is 4.62. The van der Waals surface area contributed by atoms with Crippen LogP contribution in [0.1, 0.15) is 44.6 Å². The molecule has 0 atom stereocenters. The second-order valence-electron chi connectivity index (χ2n) is 6.58. The van der Waals surface area contributed by atoms with Gasteiger partial charge in [0.15, 0.2) is 0 Å². The Labute approximate surface area is 133 Å². The highest BCUT2D eigenvalue weighted by Crippen LogP contribution is 2.32. The maximum Gasteiger partial charge on any atom is 0.123 e. The van der Waals surface area contributed by atoms with E-state index in [1.54, 1.807) is 0 Å². The van der Waals surface area contributed by atoms with Crippen molar-refractivity contribution >= 4 is 10.8 Å². The molecule has 2 heteroatoms. The Bertz CT molecular complexity index is 612. The molecule has 0 saturated carbocycles. The first-order valence-electron chi connectivity index (χ1n) is 8.47. The van der Waals surface area contributed by atoms with E-state index in [0.717, 1.165) is 37.9 Å². The average Bonchev–Trinajstić information content (AvgIpc) is 2.55.